The van der Waals surface area contributed by atoms with Crippen LogP contribution in [0.25, 0.3) is 0 Å². The highest BCUT2D eigenvalue weighted by molar-refractivity contribution is 7.45. The predicted molar refractivity (Wildman–Crippen MR) is 265 cm³/mol. The van der Waals surface area contributed by atoms with Crippen LogP contribution in [-0.4, -0.2) is 68.5 Å². The molecule has 2 N–H and O–H groups in total. The Balaban J connectivity index is 4.14. The molecule has 3 unspecified atom stereocenters. The van der Waals surface area contributed by atoms with E-state index in [-0.39, 0.29) is 19.1 Å². The van der Waals surface area contributed by atoms with Gasteiger partial charge in [-0.25, -0.2) is 0 Å². The van der Waals surface area contributed by atoms with Gasteiger partial charge in [0, 0.05) is 6.42 Å². The number of nitrogens with zero attached hydrogens (tertiary/aromatic N) is 1. The van der Waals surface area contributed by atoms with E-state index in [0.717, 1.165) is 38.5 Å². The minimum absolute atomic E-state index is 0.00418. The van der Waals surface area contributed by atoms with Gasteiger partial charge in [-0.3, -0.25) is 9.36 Å². The second-order valence-electron chi connectivity index (χ2n) is 19.6. The van der Waals surface area contributed by atoms with E-state index in [9.17, 15) is 19.4 Å². The van der Waals surface area contributed by atoms with Gasteiger partial charge in [-0.15, -0.1) is 0 Å². The second-order valence-corrected chi connectivity index (χ2v) is 21.0. The third-order valence-electron chi connectivity index (χ3n) is 12.2. The number of carbonyl (C=O) groups excluding carboxylic acids is 1. The quantitative estimate of drug-likeness (QED) is 0.0273. The van der Waals surface area contributed by atoms with Crippen molar-refractivity contribution in [2.45, 2.75) is 270 Å². The summed E-state index contributed by atoms with van der Waals surface area (Å²) in [6.45, 7) is 4.64. The molecule has 0 aliphatic rings. The number of allylic oxidation sites excluding steroid dienone is 3. The van der Waals surface area contributed by atoms with Crippen LogP contribution in [0.5, 0.6) is 0 Å². The van der Waals surface area contributed by atoms with Crippen molar-refractivity contribution in [2.24, 2.45) is 0 Å². The fraction of sp³-hybridized carbons (Fsp3) is 0.906. The summed E-state index contributed by atoms with van der Waals surface area (Å²) in [5.41, 5.74) is 0. The molecule has 9 heteroatoms. The summed E-state index contributed by atoms with van der Waals surface area (Å²) < 4.78 is 23.2. The molecule has 0 saturated heterocycles. The van der Waals surface area contributed by atoms with Crippen LogP contribution in [0.4, 0.5) is 0 Å². The van der Waals surface area contributed by atoms with Crippen LogP contribution in [0.15, 0.2) is 24.3 Å². The van der Waals surface area contributed by atoms with Crippen LogP contribution in [0, 0.1) is 0 Å². The Bertz CT molecular complexity index is 1060. The number of quaternary nitrogens is 1. The summed E-state index contributed by atoms with van der Waals surface area (Å²) in [5, 5.41) is 13.8. The van der Waals surface area contributed by atoms with E-state index in [1.165, 1.54) is 199 Å². The molecule has 0 fully saturated rings. The molecular weight excluding hydrogens is 792 g/mol. The monoisotopic (exact) mass is 897 g/mol. The van der Waals surface area contributed by atoms with Gasteiger partial charge in [0.05, 0.1) is 39.9 Å². The standard InChI is InChI=1S/C53H105N2O6P/c1-6-8-10-12-14-16-18-19-20-21-22-23-24-25-26-27-28-29-30-31-32-33-34-35-37-38-40-42-44-46-52(56)51(50-61-62(58,59)60-49-48-55(3,4)5)54-53(57)47-45-43-41-39-36-17-15-13-11-9-7-2/h37-38,44,46,51-52,56H,6-36,39-43,45,47-50H2,1-5H3,(H-,54,57,58,59)/b38-37+,46-44+. The van der Waals surface area contributed by atoms with E-state index in [1.807, 2.05) is 27.2 Å². The number of unbranched alkanes of at least 4 members (excludes halogenated alkanes) is 34. The number of aliphatic hydroxyl groups is 1. The van der Waals surface area contributed by atoms with Crippen LogP contribution >= 0.6 is 7.82 Å². The lowest BCUT2D eigenvalue weighted by Crippen LogP contribution is -2.45. The third-order valence-corrected chi connectivity index (χ3v) is 13.1. The Kier molecular flexibility index (Phi) is 44.4. The number of hydrogen-bond acceptors (Lipinski definition) is 6. The summed E-state index contributed by atoms with van der Waals surface area (Å²) in [6, 6.07) is -0.898. The van der Waals surface area contributed by atoms with Crippen molar-refractivity contribution >= 4 is 13.7 Å². The van der Waals surface area contributed by atoms with E-state index >= 15 is 0 Å². The Hall–Kier alpha value is -1.02. The number of carbonyl (C=O) groups is 1. The van der Waals surface area contributed by atoms with Gasteiger partial charge in [-0.05, 0) is 32.1 Å². The average molecular weight is 897 g/mol. The number of rotatable bonds is 49. The van der Waals surface area contributed by atoms with Crippen molar-refractivity contribution in [1.29, 1.82) is 0 Å². The Morgan fingerprint density at radius 3 is 1.31 bits per heavy atom. The van der Waals surface area contributed by atoms with Crippen molar-refractivity contribution in [3.63, 3.8) is 0 Å². The zero-order valence-electron chi connectivity index (χ0n) is 41.8. The Morgan fingerprint density at radius 2 is 0.903 bits per heavy atom. The number of aliphatic hydroxyl groups excluding tert-OH is 1. The fourth-order valence-electron chi connectivity index (χ4n) is 7.94. The predicted octanol–water partition coefficient (Wildman–Crippen LogP) is 15.0. The number of nitrogens with one attached hydrogen (secondary N) is 1. The number of amides is 1. The first kappa shape index (κ1) is 61.0. The van der Waals surface area contributed by atoms with Gasteiger partial charge in [0.1, 0.15) is 13.2 Å². The Morgan fingerprint density at radius 1 is 0.548 bits per heavy atom. The Labute approximate surface area is 385 Å². The molecule has 0 aromatic carbocycles. The van der Waals surface area contributed by atoms with Crippen LogP contribution in [0.1, 0.15) is 258 Å². The zero-order chi connectivity index (χ0) is 45.7. The van der Waals surface area contributed by atoms with E-state index in [4.69, 9.17) is 9.05 Å². The lowest BCUT2D eigenvalue weighted by molar-refractivity contribution is -0.870. The van der Waals surface area contributed by atoms with Gasteiger partial charge >= 0.3 is 0 Å². The summed E-state index contributed by atoms with van der Waals surface area (Å²) in [7, 11) is 1.25. The molecule has 0 spiro atoms. The molecule has 3 atom stereocenters. The van der Waals surface area contributed by atoms with Gasteiger partial charge in [-0.2, -0.15) is 0 Å². The average Bonchev–Trinajstić information content (AvgIpc) is 3.23. The van der Waals surface area contributed by atoms with Crippen LogP contribution < -0.4 is 10.2 Å². The third kappa shape index (κ3) is 47.0. The van der Waals surface area contributed by atoms with E-state index < -0.39 is 20.0 Å². The fourth-order valence-corrected chi connectivity index (χ4v) is 8.66. The maximum atomic E-state index is 12.8. The molecule has 0 bridgehead atoms. The summed E-state index contributed by atoms with van der Waals surface area (Å²) in [5.74, 6) is -0.206. The van der Waals surface area contributed by atoms with Crippen molar-refractivity contribution in [1.82, 2.24) is 5.32 Å². The normalized spacial score (nSPS) is 14.2. The smallest absolute Gasteiger partial charge is 0.268 e. The van der Waals surface area contributed by atoms with Gasteiger partial charge in [0.25, 0.3) is 7.82 Å². The first-order chi connectivity index (χ1) is 30.0. The van der Waals surface area contributed by atoms with Crippen LogP contribution in [0.3, 0.4) is 0 Å². The highest BCUT2D eigenvalue weighted by Gasteiger charge is 2.23. The molecule has 0 radical (unpaired) electrons. The van der Waals surface area contributed by atoms with E-state index in [1.54, 1.807) is 6.08 Å². The van der Waals surface area contributed by atoms with Gasteiger partial charge in [-0.1, -0.05) is 244 Å². The molecule has 62 heavy (non-hydrogen) atoms. The van der Waals surface area contributed by atoms with Crippen LogP contribution in [-0.2, 0) is 18.4 Å². The molecule has 0 aliphatic carbocycles. The van der Waals surface area contributed by atoms with Crippen LogP contribution in [0.2, 0.25) is 0 Å². The molecule has 0 aromatic heterocycles. The van der Waals surface area contributed by atoms with Crippen molar-refractivity contribution in [2.75, 3.05) is 40.9 Å². The SMILES string of the molecule is CCCCCCCCCCCCCCCCCCCCCCCCC/C=C/CC/C=C/C(O)C(COP(=O)([O-])OCC[N+](C)(C)C)NC(=O)CCCCCCCCCCCCC. The topological polar surface area (TPSA) is 108 Å². The van der Waals surface area contributed by atoms with Crippen molar-refractivity contribution in [3.05, 3.63) is 24.3 Å². The molecule has 0 saturated carbocycles. The van der Waals surface area contributed by atoms with Gasteiger partial charge in [0.15, 0.2) is 0 Å². The number of hydrogen-bond donors (Lipinski definition) is 2. The van der Waals surface area contributed by atoms with Crippen molar-refractivity contribution in [3.8, 4) is 0 Å². The minimum atomic E-state index is -4.59. The second kappa shape index (κ2) is 45.1. The molecule has 1 amide bonds. The van der Waals surface area contributed by atoms with E-state index in [2.05, 4.69) is 31.3 Å². The lowest BCUT2D eigenvalue weighted by atomic mass is 10.0. The molecule has 0 rings (SSSR count). The first-order valence-corrected chi connectivity index (χ1v) is 28.2. The largest absolute Gasteiger partial charge is 0.756 e. The summed E-state index contributed by atoms with van der Waals surface area (Å²) in [4.78, 5) is 25.3. The molecular formula is C53H105N2O6P. The number of likely N-dealkylation sites (N-methyl/N-ethyl adjacent to an activating group) is 1. The molecule has 0 aliphatic heterocycles. The zero-order valence-corrected chi connectivity index (χ0v) is 42.7. The maximum absolute atomic E-state index is 12.8. The van der Waals surface area contributed by atoms with Crippen molar-refractivity contribution < 1.29 is 32.9 Å². The molecule has 368 valence electrons. The molecule has 8 nitrogen and oxygen atoms in total. The highest BCUT2D eigenvalue weighted by atomic mass is 31.2. The first-order valence-electron chi connectivity index (χ1n) is 26.7. The number of phosphoric acid groups is 1. The molecule has 0 aromatic rings. The highest BCUT2D eigenvalue weighted by Crippen LogP contribution is 2.38. The lowest BCUT2D eigenvalue weighted by Gasteiger charge is -2.29. The molecule has 0 heterocycles. The maximum Gasteiger partial charge on any atom is 0.268 e. The number of phosphoric ester groups is 1. The van der Waals surface area contributed by atoms with Gasteiger partial charge < -0.3 is 28.8 Å². The summed E-state index contributed by atoms with van der Waals surface area (Å²) in [6.07, 6.45) is 55.5. The van der Waals surface area contributed by atoms with Gasteiger partial charge in [0.2, 0.25) is 5.91 Å². The summed E-state index contributed by atoms with van der Waals surface area (Å²) >= 11 is 0. The minimum Gasteiger partial charge on any atom is -0.756 e. The van der Waals surface area contributed by atoms with E-state index in [0.29, 0.717) is 17.4 Å².